The quantitative estimate of drug-likeness (QED) is 0.427. The van der Waals surface area contributed by atoms with Gasteiger partial charge in [0, 0.05) is 20.8 Å². The zero-order valence-corrected chi connectivity index (χ0v) is 13.2. The molecule has 0 bridgehead atoms. The molecule has 0 spiro atoms. The molecule has 0 amide bonds. The van der Waals surface area contributed by atoms with Crippen LogP contribution in [0.4, 0.5) is 5.69 Å². The van der Waals surface area contributed by atoms with Crippen LogP contribution in [0, 0.1) is 10.1 Å². The largest absolute Gasteiger partial charge is 0.283 e. The highest BCUT2D eigenvalue weighted by atomic mass is 79.9. The van der Waals surface area contributed by atoms with Gasteiger partial charge >= 0.3 is 0 Å². The molecular weight excluding hydrogens is 346 g/mol. The molecule has 0 N–H and O–H groups in total. The molecule has 2 rings (SSSR count). The Hall–Kier alpha value is -0.980. The second-order valence-corrected chi connectivity index (χ2v) is 6.53. The Morgan fingerprint density at radius 1 is 1.05 bits per heavy atom. The Kier molecular flexibility index (Phi) is 4.90. The highest BCUT2D eigenvalue weighted by Gasteiger charge is 2.11. The topological polar surface area (TPSA) is 43.1 Å². The number of rotatable bonds is 4. The van der Waals surface area contributed by atoms with Gasteiger partial charge in [0.2, 0.25) is 0 Å². The molecule has 6 heteroatoms. The maximum absolute atomic E-state index is 10.7. The lowest BCUT2D eigenvalue weighted by Crippen LogP contribution is -1.88. The first-order chi connectivity index (χ1) is 9.10. The number of halogens is 1. The van der Waals surface area contributed by atoms with Gasteiger partial charge in [-0.3, -0.25) is 10.1 Å². The van der Waals surface area contributed by atoms with Crippen LogP contribution in [0.2, 0.25) is 0 Å². The summed E-state index contributed by atoms with van der Waals surface area (Å²) in [6, 6.07) is 13.3. The minimum Gasteiger partial charge on any atom is -0.258 e. The van der Waals surface area contributed by atoms with E-state index in [2.05, 4.69) is 28.1 Å². The third kappa shape index (κ3) is 3.75. The van der Waals surface area contributed by atoms with Crippen molar-refractivity contribution in [1.82, 2.24) is 0 Å². The number of nitro groups is 1. The van der Waals surface area contributed by atoms with Crippen LogP contribution in [-0.2, 0) is 0 Å². The lowest BCUT2D eigenvalue weighted by molar-refractivity contribution is -0.385. The number of hydrogen-bond donors (Lipinski definition) is 0. The summed E-state index contributed by atoms with van der Waals surface area (Å²) in [4.78, 5) is 13.6. The smallest absolute Gasteiger partial charge is 0.258 e. The molecule has 0 atom stereocenters. The van der Waals surface area contributed by atoms with Gasteiger partial charge in [0.15, 0.2) is 0 Å². The van der Waals surface area contributed by atoms with E-state index < -0.39 is 4.92 Å². The minimum absolute atomic E-state index is 0.0853. The van der Waals surface area contributed by atoms with Gasteiger partial charge in [-0.25, -0.2) is 0 Å². The van der Waals surface area contributed by atoms with Gasteiger partial charge in [-0.1, -0.05) is 11.8 Å². The molecule has 0 heterocycles. The fourth-order valence-electron chi connectivity index (χ4n) is 1.48. The molecule has 0 aromatic heterocycles. The van der Waals surface area contributed by atoms with Gasteiger partial charge in [0.25, 0.3) is 5.69 Å². The van der Waals surface area contributed by atoms with E-state index in [0.29, 0.717) is 4.47 Å². The van der Waals surface area contributed by atoms with Crippen molar-refractivity contribution in [1.29, 1.82) is 0 Å². The zero-order chi connectivity index (χ0) is 13.8. The summed E-state index contributed by atoms with van der Waals surface area (Å²) in [5, 5.41) is 10.7. The average molecular weight is 356 g/mol. The van der Waals surface area contributed by atoms with Crippen molar-refractivity contribution in [2.24, 2.45) is 0 Å². The monoisotopic (exact) mass is 355 g/mol. The van der Waals surface area contributed by atoms with Crippen LogP contribution in [-0.4, -0.2) is 11.2 Å². The summed E-state index contributed by atoms with van der Waals surface area (Å²) in [5.41, 5.74) is 0.0853. The van der Waals surface area contributed by atoms with Crippen LogP contribution in [0.3, 0.4) is 0 Å². The van der Waals surface area contributed by atoms with Gasteiger partial charge in [0.1, 0.15) is 0 Å². The number of benzene rings is 2. The maximum atomic E-state index is 10.7. The fourth-order valence-corrected chi connectivity index (χ4v) is 3.42. The SMILES string of the molecule is CSc1ccc(Sc2ccc([N+](=O)[O-])c(Br)c2)cc1. The fraction of sp³-hybridized carbons (Fsp3) is 0.0769. The van der Waals surface area contributed by atoms with Crippen molar-refractivity contribution in [3.8, 4) is 0 Å². The molecule has 0 saturated heterocycles. The van der Waals surface area contributed by atoms with Crippen LogP contribution < -0.4 is 0 Å². The third-order valence-electron chi connectivity index (χ3n) is 2.41. The number of thioether (sulfide) groups is 1. The molecule has 3 nitrogen and oxygen atoms in total. The third-order valence-corrected chi connectivity index (χ3v) is 4.79. The van der Waals surface area contributed by atoms with Gasteiger partial charge in [0.05, 0.1) is 9.40 Å². The summed E-state index contributed by atoms with van der Waals surface area (Å²) >= 11 is 6.50. The van der Waals surface area contributed by atoms with Crippen LogP contribution in [0.5, 0.6) is 0 Å². The number of hydrogen-bond acceptors (Lipinski definition) is 4. The first-order valence-corrected chi connectivity index (χ1v) is 8.19. The van der Waals surface area contributed by atoms with Crippen molar-refractivity contribution in [3.63, 3.8) is 0 Å². The highest BCUT2D eigenvalue weighted by molar-refractivity contribution is 9.10. The summed E-state index contributed by atoms with van der Waals surface area (Å²) in [7, 11) is 0. The minimum atomic E-state index is -0.397. The van der Waals surface area contributed by atoms with E-state index >= 15 is 0 Å². The van der Waals surface area contributed by atoms with Gasteiger partial charge in [-0.2, -0.15) is 0 Å². The summed E-state index contributed by atoms with van der Waals surface area (Å²) in [6.45, 7) is 0. The van der Waals surface area contributed by atoms with E-state index in [0.717, 1.165) is 9.79 Å². The Bertz CT molecular complexity index is 602. The van der Waals surface area contributed by atoms with Crippen LogP contribution >= 0.6 is 39.5 Å². The predicted molar refractivity (Wildman–Crippen MR) is 83.1 cm³/mol. The average Bonchev–Trinajstić information content (AvgIpc) is 2.39. The van der Waals surface area contributed by atoms with Crippen LogP contribution in [0.1, 0.15) is 0 Å². The predicted octanol–water partition coefficient (Wildman–Crippen LogP) is 5.23. The Labute approximate surface area is 128 Å². The van der Waals surface area contributed by atoms with E-state index in [1.807, 2.05) is 18.4 Å². The Morgan fingerprint density at radius 2 is 1.63 bits per heavy atom. The van der Waals surface area contributed by atoms with Crippen molar-refractivity contribution in [3.05, 3.63) is 57.1 Å². The van der Waals surface area contributed by atoms with E-state index in [1.165, 1.54) is 11.0 Å². The van der Waals surface area contributed by atoms with Gasteiger partial charge < -0.3 is 0 Å². The van der Waals surface area contributed by atoms with Gasteiger partial charge in [-0.15, -0.1) is 11.8 Å². The first-order valence-electron chi connectivity index (χ1n) is 5.36. The Morgan fingerprint density at radius 3 is 2.16 bits per heavy atom. The van der Waals surface area contributed by atoms with E-state index in [4.69, 9.17) is 0 Å². The molecule has 2 aromatic rings. The summed E-state index contributed by atoms with van der Waals surface area (Å²) in [6.07, 6.45) is 2.04. The zero-order valence-electron chi connectivity index (χ0n) is 10.00. The molecule has 0 fully saturated rings. The normalized spacial score (nSPS) is 10.4. The number of nitro benzene ring substituents is 1. The van der Waals surface area contributed by atoms with Crippen LogP contribution in [0.25, 0.3) is 0 Å². The molecular formula is C13H10BrNO2S2. The highest BCUT2D eigenvalue weighted by Crippen LogP contribution is 2.34. The number of nitrogens with zero attached hydrogens (tertiary/aromatic N) is 1. The lowest BCUT2D eigenvalue weighted by atomic mass is 10.3. The van der Waals surface area contributed by atoms with E-state index in [9.17, 15) is 10.1 Å². The molecule has 19 heavy (non-hydrogen) atoms. The molecule has 0 unspecified atom stereocenters. The molecule has 0 radical (unpaired) electrons. The molecule has 0 aliphatic heterocycles. The lowest BCUT2D eigenvalue weighted by Gasteiger charge is -2.04. The van der Waals surface area contributed by atoms with Crippen molar-refractivity contribution in [2.75, 3.05) is 6.26 Å². The van der Waals surface area contributed by atoms with Gasteiger partial charge in [-0.05, 0) is 58.6 Å². The summed E-state index contributed by atoms with van der Waals surface area (Å²) in [5.74, 6) is 0. The molecule has 0 saturated carbocycles. The first kappa shape index (κ1) is 14.4. The van der Waals surface area contributed by atoms with Crippen molar-refractivity contribution < 1.29 is 4.92 Å². The van der Waals surface area contributed by atoms with E-state index in [1.54, 1.807) is 35.7 Å². The van der Waals surface area contributed by atoms with Crippen LogP contribution in [0.15, 0.2) is 61.6 Å². The molecule has 2 aromatic carbocycles. The second-order valence-electron chi connectivity index (χ2n) is 3.65. The Balaban J connectivity index is 2.18. The second kappa shape index (κ2) is 6.45. The summed E-state index contributed by atoms with van der Waals surface area (Å²) < 4.78 is 0.503. The van der Waals surface area contributed by atoms with E-state index in [-0.39, 0.29) is 5.69 Å². The molecule has 0 aliphatic carbocycles. The molecule has 0 aliphatic rings. The van der Waals surface area contributed by atoms with Crippen molar-refractivity contribution in [2.45, 2.75) is 14.7 Å². The molecule has 98 valence electrons. The maximum Gasteiger partial charge on any atom is 0.283 e. The van der Waals surface area contributed by atoms with Crippen molar-refractivity contribution >= 4 is 45.1 Å². The standard InChI is InChI=1S/C13H10BrNO2S2/c1-18-9-2-4-10(5-3-9)19-11-6-7-13(15(16)17)12(14)8-11/h2-8H,1H3.